The summed E-state index contributed by atoms with van der Waals surface area (Å²) in [6, 6.07) is 2.11. The molecule has 1 aliphatic carbocycles. The molecule has 0 aromatic carbocycles. The number of nitrogens with two attached hydrogens (primary N) is 1. The number of rotatable bonds is 3. The van der Waals surface area contributed by atoms with Gasteiger partial charge in [-0.1, -0.05) is 38.5 Å². The number of thioether (sulfide) groups is 1. The molecule has 1 fully saturated rings. The third kappa shape index (κ3) is 2.75. The molecule has 0 unspecified atom stereocenters. The topological polar surface area (TPSA) is 75.6 Å². The average molecular weight is 262 g/mol. The maximum Gasteiger partial charge on any atom is 0.190 e. The molecule has 0 radical (unpaired) electrons. The van der Waals surface area contributed by atoms with E-state index < -0.39 is 0 Å². The second kappa shape index (κ2) is 5.57. The Morgan fingerprint density at radius 2 is 2.00 bits per heavy atom. The van der Waals surface area contributed by atoms with Gasteiger partial charge in [0, 0.05) is 5.25 Å². The van der Waals surface area contributed by atoms with Crippen molar-refractivity contribution in [2.24, 2.45) is 0 Å². The Morgan fingerprint density at radius 1 is 1.33 bits per heavy atom. The zero-order valence-corrected chi connectivity index (χ0v) is 11.6. The van der Waals surface area contributed by atoms with E-state index in [4.69, 9.17) is 11.0 Å². The van der Waals surface area contributed by atoms with Crippen molar-refractivity contribution in [3.63, 3.8) is 0 Å². The van der Waals surface area contributed by atoms with Crippen molar-refractivity contribution in [1.82, 2.24) is 9.97 Å². The Labute approximate surface area is 112 Å². The number of nitrogens with zero attached hydrogens (tertiary/aromatic N) is 3. The number of aromatic nitrogens is 2. The van der Waals surface area contributed by atoms with Crippen LogP contribution in [0.4, 0.5) is 5.82 Å². The van der Waals surface area contributed by atoms with Crippen molar-refractivity contribution in [3.05, 3.63) is 11.3 Å². The molecule has 1 aromatic heterocycles. The van der Waals surface area contributed by atoms with Gasteiger partial charge >= 0.3 is 0 Å². The lowest BCUT2D eigenvalue weighted by atomic mass is 10.1. The van der Waals surface area contributed by atoms with Crippen LogP contribution in [0.25, 0.3) is 0 Å². The summed E-state index contributed by atoms with van der Waals surface area (Å²) in [5.41, 5.74) is 7.06. The fourth-order valence-corrected chi connectivity index (χ4v) is 3.38. The largest absolute Gasteiger partial charge is 0.382 e. The zero-order chi connectivity index (χ0) is 13.1. The van der Waals surface area contributed by atoms with Gasteiger partial charge in [0.2, 0.25) is 0 Å². The Kier molecular flexibility index (Phi) is 4.07. The SMILES string of the molecule is CC(C)c1nc(SC2CCCC2)nc(N)c1C#N. The molecule has 0 amide bonds. The van der Waals surface area contributed by atoms with Crippen molar-refractivity contribution in [3.8, 4) is 6.07 Å². The van der Waals surface area contributed by atoms with Gasteiger partial charge in [-0.3, -0.25) is 0 Å². The van der Waals surface area contributed by atoms with Crippen LogP contribution in [0.2, 0.25) is 0 Å². The first-order valence-corrected chi connectivity index (χ1v) is 7.24. The molecular weight excluding hydrogens is 244 g/mol. The highest BCUT2D eigenvalue weighted by Crippen LogP contribution is 2.34. The van der Waals surface area contributed by atoms with Crippen molar-refractivity contribution in [1.29, 1.82) is 5.26 Å². The van der Waals surface area contributed by atoms with Gasteiger partial charge in [-0.05, 0) is 18.8 Å². The van der Waals surface area contributed by atoms with Crippen molar-refractivity contribution in [2.45, 2.75) is 55.9 Å². The van der Waals surface area contributed by atoms with Crippen molar-refractivity contribution >= 4 is 17.6 Å². The second-order valence-corrected chi connectivity index (χ2v) is 6.21. The van der Waals surface area contributed by atoms with Crippen LogP contribution in [-0.4, -0.2) is 15.2 Å². The van der Waals surface area contributed by atoms with Crippen LogP contribution in [0.1, 0.15) is 56.7 Å². The van der Waals surface area contributed by atoms with E-state index in [-0.39, 0.29) is 5.92 Å². The fraction of sp³-hybridized carbons (Fsp3) is 0.615. The highest BCUT2D eigenvalue weighted by atomic mass is 32.2. The van der Waals surface area contributed by atoms with E-state index in [1.807, 2.05) is 13.8 Å². The first-order valence-electron chi connectivity index (χ1n) is 6.36. The Hall–Kier alpha value is -1.28. The van der Waals surface area contributed by atoms with Gasteiger partial charge < -0.3 is 5.73 Å². The molecular formula is C13H18N4S. The van der Waals surface area contributed by atoms with Gasteiger partial charge in [0.15, 0.2) is 5.16 Å². The number of hydrogen-bond donors (Lipinski definition) is 1. The van der Waals surface area contributed by atoms with Gasteiger partial charge in [-0.25, -0.2) is 9.97 Å². The maximum absolute atomic E-state index is 9.11. The van der Waals surface area contributed by atoms with Gasteiger partial charge in [0.1, 0.15) is 17.5 Å². The molecule has 2 N–H and O–H groups in total. The number of anilines is 1. The molecule has 18 heavy (non-hydrogen) atoms. The fourth-order valence-electron chi connectivity index (χ4n) is 2.21. The molecule has 0 bridgehead atoms. The molecule has 0 spiro atoms. The van der Waals surface area contributed by atoms with E-state index >= 15 is 0 Å². The number of hydrogen-bond acceptors (Lipinski definition) is 5. The van der Waals surface area contributed by atoms with E-state index in [1.54, 1.807) is 11.8 Å². The lowest BCUT2D eigenvalue weighted by Crippen LogP contribution is -2.08. The maximum atomic E-state index is 9.11. The van der Waals surface area contributed by atoms with Gasteiger partial charge in [-0.2, -0.15) is 5.26 Å². The van der Waals surface area contributed by atoms with Crippen LogP contribution in [-0.2, 0) is 0 Å². The third-order valence-corrected chi connectivity index (χ3v) is 4.38. The lowest BCUT2D eigenvalue weighted by molar-refractivity contribution is 0.773. The highest BCUT2D eigenvalue weighted by Gasteiger charge is 2.20. The number of nitrogen functional groups attached to an aromatic ring is 1. The van der Waals surface area contributed by atoms with E-state index in [9.17, 15) is 0 Å². The molecule has 0 atom stereocenters. The Bertz CT molecular complexity index is 473. The van der Waals surface area contributed by atoms with Gasteiger partial charge in [0.25, 0.3) is 0 Å². The Morgan fingerprint density at radius 3 is 2.56 bits per heavy atom. The molecule has 1 saturated carbocycles. The quantitative estimate of drug-likeness (QED) is 0.847. The van der Waals surface area contributed by atoms with Gasteiger partial charge in [0.05, 0.1) is 5.69 Å². The Balaban J connectivity index is 2.29. The first-order chi connectivity index (χ1) is 8.61. The highest BCUT2D eigenvalue weighted by molar-refractivity contribution is 7.99. The van der Waals surface area contributed by atoms with Crippen LogP contribution in [0, 0.1) is 11.3 Å². The van der Waals surface area contributed by atoms with Crippen molar-refractivity contribution in [2.75, 3.05) is 5.73 Å². The molecule has 0 aliphatic heterocycles. The lowest BCUT2D eigenvalue weighted by Gasteiger charge is -2.12. The molecule has 4 nitrogen and oxygen atoms in total. The summed E-state index contributed by atoms with van der Waals surface area (Å²) in [5, 5.41) is 10.4. The summed E-state index contributed by atoms with van der Waals surface area (Å²) in [6.45, 7) is 4.04. The number of nitriles is 1. The predicted molar refractivity (Wildman–Crippen MR) is 73.4 cm³/mol. The second-order valence-electron chi connectivity index (χ2n) is 4.94. The minimum Gasteiger partial charge on any atom is -0.382 e. The summed E-state index contributed by atoms with van der Waals surface area (Å²) in [6.07, 6.45) is 5.04. The molecule has 5 heteroatoms. The normalized spacial score (nSPS) is 16.1. The summed E-state index contributed by atoms with van der Waals surface area (Å²) in [7, 11) is 0. The predicted octanol–water partition coefficient (Wildman–Crippen LogP) is 3.09. The van der Waals surface area contributed by atoms with Crippen LogP contribution in [0.15, 0.2) is 5.16 Å². The summed E-state index contributed by atoms with van der Waals surface area (Å²) in [4.78, 5) is 8.77. The van der Waals surface area contributed by atoms with E-state index in [0.717, 1.165) is 10.9 Å². The first kappa shape index (κ1) is 13.2. The zero-order valence-electron chi connectivity index (χ0n) is 10.8. The smallest absolute Gasteiger partial charge is 0.190 e. The molecule has 1 aliphatic rings. The molecule has 96 valence electrons. The van der Waals surface area contributed by atoms with Crippen LogP contribution >= 0.6 is 11.8 Å². The summed E-state index contributed by atoms with van der Waals surface area (Å²) in [5.74, 6) is 0.504. The van der Waals surface area contributed by atoms with Gasteiger partial charge in [-0.15, -0.1) is 0 Å². The molecule has 1 heterocycles. The van der Waals surface area contributed by atoms with Crippen molar-refractivity contribution < 1.29 is 0 Å². The molecule has 0 saturated heterocycles. The molecule has 1 aromatic rings. The molecule has 2 rings (SSSR count). The summed E-state index contributed by atoms with van der Waals surface area (Å²) >= 11 is 1.70. The monoisotopic (exact) mass is 262 g/mol. The average Bonchev–Trinajstić information content (AvgIpc) is 2.81. The van der Waals surface area contributed by atoms with E-state index in [1.165, 1.54) is 25.7 Å². The van der Waals surface area contributed by atoms with E-state index in [0.29, 0.717) is 16.6 Å². The minimum absolute atomic E-state index is 0.188. The van der Waals surface area contributed by atoms with E-state index in [2.05, 4.69) is 16.0 Å². The van der Waals surface area contributed by atoms with Crippen LogP contribution in [0.5, 0.6) is 0 Å². The summed E-state index contributed by atoms with van der Waals surface area (Å²) < 4.78 is 0. The third-order valence-electron chi connectivity index (χ3n) is 3.18. The minimum atomic E-state index is 0.188. The van der Waals surface area contributed by atoms with Crippen LogP contribution in [0.3, 0.4) is 0 Å². The van der Waals surface area contributed by atoms with Crippen LogP contribution < -0.4 is 5.73 Å². The standard InChI is InChI=1S/C13H18N4S/c1-8(2)11-10(7-14)12(15)17-13(16-11)18-9-5-3-4-6-9/h8-9H,3-6H2,1-2H3,(H2,15,16,17).